The Labute approximate surface area is 86.1 Å². The van der Waals surface area contributed by atoms with Crippen LogP contribution in [0.2, 0.25) is 0 Å². The molecular formula is C12H11F2N. The van der Waals surface area contributed by atoms with E-state index in [2.05, 4.69) is 4.98 Å². The van der Waals surface area contributed by atoms with Crippen LogP contribution in [0.1, 0.15) is 24.1 Å². The third kappa shape index (κ3) is 1.26. The smallest absolute Gasteiger partial charge is 0.150 e. The molecule has 0 fully saturated rings. The minimum Gasteiger partial charge on any atom is -0.356 e. The van der Waals surface area contributed by atoms with Gasteiger partial charge in [-0.25, -0.2) is 8.78 Å². The minimum absolute atomic E-state index is 0.461. The van der Waals surface area contributed by atoms with Crippen LogP contribution in [-0.2, 0) is 12.8 Å². The molecule has 0 saturated heterocycles. The highest BCUT2D eigenvalue weighted by molar-refractivity contribution is 5.85. The molecule has 0 unspecified atom stereocenters. The molecule has 3 heteroatoms. The molecule has 1 nitrogen and oxygen atoms in total. The van der Waals surface area contributed by atoms with Gasteiger partial charge in [-0.05, 0) is 37.3 Å². The molecule has 0 atom stereocenters. The lowest BCUT2D eigenvalue weighted by Crippen LogP contribution is -1.99. The predicted molar refractivity (Wildman–Crippen MR) is 54.9 cm³/mol. The zero-order chi connectivity index (χ0) is 10.4. The largest absolute Gasteiger partial charge is 0.356 e. The number of aromatic nitrogens is 1. The normalized spacial score (nSPS) is 15.6. The molecule has 0 saturated carbocycles. The van der Waals surface area contributed by atoms with Crippen LogP contribution in [0.25, 0.3) is 10.9 Å². The number of hydrogen-bond donors (Lipinski definition) is 1. The van der Waals surface area contributed by atoms with E-state index in [0.717, 1.165) is 48.4 Å². The Morgan fingerprint density at radius 1 is 1.07 bits per heavy atom. The number of aromatic amines is 1. The molecule has 1 aromatic carbocycles. The minimum atomic E-state index is -0.493. The highest BCUT2D eigenvalue weighted by Crippen LogP contribution is 2.30. The first-order valence-electron chi connectivity index (χ1n) is 5.24. The lowest BCUT2D eigenvalue weighted by atomic mass is 9.96. The molecule has 0 bridgehead atoms. The Kier molecular flexibility index (Phi) is 1.81. The van der Waals surface area contributed by atoms with E-state index in [9.17, 15) is 8.78 Å². The van der Waals surface area contributed by atoms with Gasteiger partial charge in [-0.1, -0.05) is 0 Å². The molecule has 1 aliphatic rings. The van der Waals surface area contributed by atoms with E-state index in [1.165, 1.54) is 6.07 Å². The zero-order valence-electron chi connectivity index (χ0n) is 8.24. The van der Waals surface area contributed by atoms with E-state index in [4.69, 9.17) is 0 Å². The highest BCUT2D eigenvalue weighted by Gasteiger charge is 2.17. The second-order valence-electron chi connectivity index (χ2n) is 4.10. The monoisotopic (exact) mass is 207 g/mol. The summed E-state index contributed by atoms with van der Waals surface area (Å²) in [4.78, 5) is 3.07. The van der Waals surface area contributed by atoms with Crippen LogP contribution in [0.5, 0.6) is 0 Å². The van der Waals surface area contributed by atoms with Crippen molar-refractivity contribution in [3.8, 4) is 0 Å². The van der Waals surface area contributed by atoms with E-state index in [0.29, 0.717) is 5.52 Å². The maximum absolute atomic E-state index is 13.5. The van der Waals surface area contributed by atoms with Crippen molar-refractivity contribution >= 4 is 10.9 Å². The summed E-state index contributed by atoms with van der Waals surface area (Å²) in [5.41, 5.74) is 2.65. The highest BCUT2D eigenvalue weighted by atomic mass is 19.1. The fourth-order valence-corrected chi connectivity index (χ4v) is 2.43. The van der Waals surface area contributed by atoms with Gasteiger partial charge in [0, 0.05) is 17.1 Å². The Hall–Kier alpha value is -1.38. The summed E-state index contributed by atoms with van der Waals surface area (Å²) in [5.74, 6) is -0.980. The van der Waals surface area contributed by atoms with E-state index in [1.807, 2.05) is 0 Å². The number of hydrogen-bond acceptors (Lipinski definition) is 0. The van der Waals surface area contributed by atoms with Crippen molar-refractivity contribution in [1.29, 1.82) is 0 Å². The Balaban J connectivity index is 2.37. The summed E-state index contributed by atoms with van der Waals surface area (Å²) in [7, 11) is 0. The van der Waals surface area contributed by atoms with E-state index < -0.39 is 11.6 Å². The van der Waals surface area contributed by atoms with Crippen LogP contribution < -0.4 is 0 Å². The van der Waals surface area contributed by atoms with Crippen LogP contribution in [-0.4, -0.2) is 4.98 Å². The molecule has 15 heavy (non-hydrogen) atoms. The summed E-state index contributed by atoms with van der Waals surface area (Å²) in [6, 6.07) is 2.36. The summed E-state index contributed by atoms with van der Waals surface area (Å²) in [5, 5.41) is 0.724. The number of H-pyrrole nitrogens is 1. The van der Waals surface area contributed by atoms with Gasteiger partial charge in [0.25, 0.3) is 0 Å². The van der Waals surface area contributed by atoms with Gasteiger partial charge >= 0.3 is 0 Å². The van der Waals surface area contributed by atoms with Crippen LogP contribution in [0.3, 0.4) is 0 Å². The first-order valence-corrected chi connectivity index (χ1v) is 5.24. The van der Waals surface area contributed by atoms with Gasteiger partial charge in [-0.15, -0.1) is 0 Å². The van der Waals surface area contributed by atoms with E-state index >= 15 is 0 Å². The Morgan fingerprint density at radius 3 is 2.73 bits per heavy atom. The number of rotatable bonds is 0. The lowest BCUT2D eigenvalue weighted by Gasteiger charge is -2.10. The Bertz CT molecular complexity index is 528. The summed E-state index contributed by atoms with van der Waals surface area (Å²) >= 11 is 0. The zero-order valence-corrected chi connectivity index (χ0v) is 8.24. The van der Waals surface area contributed by atoms with Gasteiger partial charge in [0.2, 0.25) is 0 Å². The molecule has 0 radical (unpaired) electrons. The maximum atomic E-state index is 13.5. The summed E-state index contributed by atoms with van der Waals surface area (Å²) in [6.07, 6.45) is 4.12. The standard InChI is InChI=1S/C12H11F2N/c13-7-5-9-8-3-1-2-4-11(8)15-12(9)10(14)6-7/h5-6,15H,1-4H2. The number of nitrogens with one attached hydrogen (secondary N) is 1. The molecule has 78 valence electrons. The SMILES string of the molecule is Fc1cc(F)c2[nH]c3c(c2c1)CCCC3. The van der Waals surface area contributed by atoms with Gasteiger partial charge in [-0.2, -0.15) is 0 Å². The third-order valence-corrected chi connectivity index (χ3v) is 3.12. The molecule has 0 spiro atoms. The molecule has 0 amide bonds. The maximum Gasteiger partial charge on any atom is 0.150 e. The van der Waals surface area contributed by atoms with Gasteiger partial charge in [0.15, 0.2) is 0 Å². The molecule has 1 aliphatic carbocycles. The molecule has 0 aliphatic heterocycles. The fourth-order valence-electron chi connectivity index (χ4n) is 2.43. The average molecular weight is 207 g/mol. The first-order chi connectivity index (χ1) is 7.25. The lowest BCUT2D eigenvalue weighted by molar-refractivity contribution is 0.591. The predicted octanol–water partition coefficient (Wildman–Crippen LogP) is 3.32. The van der Waals surface area contributed by atoms with E-state index in [1.54, 1.807) is 0 Å². The van der Waals surface area contributed by atoms with Crippen molar-refractivity contribution in [3.63, 3.8) is 0 Å². The van der Waals surface area contributed by atoms with Crippen LogP contribution in [0, 0.1) is 11.6 Å². The second-order valence-corrected chi connectivity index (χ2v) is 4.10. The molecule has 3 rings (SSSR count). The van der Waals surface area contributed by atoms with Crippen LogP contribution in [0.15, 0.2) is 12.1 Å². The number of fused-ring (bicyclic) bond motifs is 3. The third-order valence-electron chi connectivity index (χ3n) is 3.12. The van der Waals surface area contributed by atoms with Crippen molar-refractivity contribution in [1.82, 2.24) is 4.98 Å². The number of aryl methyl sites for hydroxylation is 2. The fraction of sp³-hybridized carbons (Fsp3) is 0.333. The molecule has 1 N–H and O–H groups in total. The number of halogens is 2. The van der Waals surface area contributed by atoms with Crippen molar-refractivity contribution in [3.05, 3.63) is 35.0 Å². The molecular weight excluding hydrogens is 196 g/mol. The van der Waals surface area contributed by atoms with Gasteiger partial charge in [-0.3, -0.25) is 0 Å². The topological polar surface area (TPSA) is 15.8 Å². The summed E-state index contributed by atoms with van der Waals surface area (Å²) < 4.78 is 26.6. The van der Waals surface area contributed by atoms with Crippen molar-refractivity contribution < 1.29 is 8.78 Å². The van der Waals surface area contributed by atoms with Gasteiger partial charge < -0.3 is 4.98 Å². The second kappa shape index (κ2) is 3.05. The first kappa shape index (κ1) is 8.89. The Morgan fingerprint density at radius 2 is 1.87 bits per heavy atom. The van der Waals surface area contributed by atoms with Crippen molar-refractivity contribution in [2.24, 2.45) is 0 Å². The van der Waals surface area contributed by atoms with E-state index in [-0.39, 0.29) is 0 Å². The van der Waals surface area contributed by atoms with Gasteiger partial charge in [0.05, 0.1) is 5.52 Å². The van der Waals surface area contributed by atoms with Crippen molar-refractivity contribution in [2.45, 2.75) is 25.7 Å². The van der Waals surface area contributed by atoms with Gasteiger partial charge in [0.1, 0.15) is 11.6 Å². The molecule has 1 aromatic heterocycles. The number of benzene rings is 1. The molecule has 2 aromatic rings. The van der Waals surface area contributed by atoms with Crippen LogP contribution in [0.4, 0.5) is 8.78 Å². The molecule has 1 heterocycles. The van der Waals surface area contributed by atoms with Crippen LogP contribution >= 0.6 is 0 Å². The van der Waals surface area contributed by atoms with Crippen molar-refractivity contribution in [2.75, 3.05) is 0 Å². The summed E-state index contributed by atoms with van der Waals surface area (Å²) in [6.45, 7) is 0. The average Bonchev–Trinajstić information content (AvgIpc) is 2.57. The quantitative estimate of drug-likeness (QED) is 0.682.